The number of alkyl halides is 3. The normalized spacial score (nSPS) is 22.8. The first-order valence-electron chi connectivity index (χ1n) is 6.71. The molecule has 0 saturated carbocycles. The predicted octanol–water partition coefficient (Wildman–Crippen LogP) is 3.08. The number of ether oxygens (including phenoxy) is 1. The quantitative estimate of drug-likeness (QED) is 0.842. The number of ketones is 1. The molecule has 19 heavy (non-hydrogen) atoms. The third kappa shape index (κ3) is 7.52. The Hall–Kier alpha value is -0.620. The lowest BCUT2D eigenvalue weighted by molar-refractivity contribution is -0.153. The number of hydrogen-bond acceptors (Lipinski definition) is 3. The summed E-state index contributed by atoms with van der Waals surface area (Å²) < 4.78 is 41.3. The molecule has 2 atom stereocenters. The number of Topliss-reactive ketones (excluding diaryl/α,β-unsaturated/α-hetero) is 1. The van der Waals surface area contributed by atoms with Crippen molar-refractivity contribution in [3.05, 3.63) is 0 Å². The number of methoxy groups -OCH3 is 1. The summed E-state index contributed by atoms with van der Waals surface area (Å²) in [6.45, 7) is 4.82. The lowest BCUT2D eigenvalue weighted by atomic mass is 10.1. The Morgan fingerprint density at radius 2 is 1.89 bits per heavy atom. The van der Waals surface area contributed by atoms with E-state index in [-0.39, 0.29) is 12.2 Å². The molecule has 0 radical (unpaired) electrons. The largest absolute Gasteiger partial charge is 0.403 e. The second-order valence-corrected chi connectivity index (χ2v) is 4.60. The van der Waals surface area contributed by atoms with E-state index in [9.17, 15) is 18.0 Å². The lowest BCUT2D eigenvalue weighted by Crippen LogP contribution is -2.43. The summed E-state index contributed by atoms with van der Waals surface area (Å²) in [7, 11) is 1.71. The topological polar surface area (TPSA) is 38.3 Å². The van der Waals surface area contributed by atoms with E-state index in [1.807, 2.05) is 6.92 Å². The standard InChI is InChI=1S/C9H14F3NO.C4H10O/c1-2-3-7(14)6-4-5-8(13-6)9(10,11)12;1-3-4-5-2/h6,8,13H,2-5H2,1H3;3-4H2,1-2H3. The molecule has 1 aliphatic heterocycles. The van der Waals surface area contributed by atoms with E-state index >= 15 is 0 Å². The van der Waals surface area contributed by atoms with Crippen molar-refractivity contribution in [1.82, 2.24) is 5.32 Å². The minimum absolute atomic E-state index is 0.0175. The second-order valence-electron chi connectivity index (χ2n) is 4.60. The second kappa shape index (κ2) is 9.31. The van der Waals surface area contributed by atoms with E-state index < -0.39 is 18.3 Å². The van der Waals surface area contributed by atoms with Crippen LogP contribution in [0.3, 0.4) is 0 Å². The maximum atomic E-state index is 12.2. The molecule has 0 bridgehead atoms. The highest BCUT2D eigenvalue weighted by atomic mass is 19.4. The summed E-state index contributed by atoms with van der Waals surface area (Å²) >= 11 is 0. The SMILES string of the molecule is CCCC(=O)C1CCC(C(F)(F)F)N1.CCCOC. The highest BCUT2D eigenvalue weighted by Gasteiger charge is 2.45. The third-order valence-corrected chi connectivity index (χ3v) is 2.83. The Balaban J connectivity index is 0.000000555. The molecule has 2 unspecified atom stereocenters. The fourth-order valence-corrected chi connectivity index (χ4v) is 1.88. The molecule has 0 amide bonds. The summed E-state index contributed by atoms with van der Waals surface area (Å²) in [4.78, 5) is 11.3. The van der Waals surface area contributed by atoms with Crippen LogP contribution in [0.15, 0.2) is 0 Å². The average Bonchev–Trinajstić information content (AvgIpc) is 2.80. The van der Waals surface area contributed by atoms with E-state index in [1.165, 1.54) is 0 Å². The molecule has 0 aromatic rings. The monoisotopic (exact) mass is 283 g/mol. The van der Waals surface area contributed by atoms with Gasteiger partial charge in [-0.2, -0.15) is 13.2 Å². The summed E-state index contributed by atoms with van der Waals surface area (Å²) in [5.74, 6) is -0.0979. The average molecular weight is 283 g/mol. The zero-order valence-corrected chi connectivity index (χ0v) is 11.8. The van der Waals surface area contributed by atoms with Gasteiger partial charge in [-0.15, -0.1) is 0 Å². The van der Waals surface area contributed by atoms with Crippen molar-refractivity contribution < 1.29 is 22.7 Å². The molecular weight excluding hydrogens is 259 g/mol. The molecule has 1 rings (SSSR count). The Labute approximate surface area is 112 Å². The zero-order chi connectivity index (χ0) is 14.9. The number of halogens is 3. The molecule has 114 valence electrons. The molecule has 6 heteroatoms. The van der Waals surface area contributed by atoms with Gasteiger partial charge in [0.15, 0.2) is 0 Å². The number of carbonyl (C=O) groups is 1. The Morgan fingerprint density at radius 3 is 2.21 bits per heavy atom. The molecule has 0 aromatic heterocycles. The van der Waals surface area contributed by atoms with E-state index in [1.54, 1.807) is 7.11 Å². The van der Waals surface area contributed by atoms with Crippen molar-refractivity contribution in [1.29, 1.82) is 0 Å². The van der Waals surface area contributed by atoms with Crippen LogP contribution in [0.2, 0.25) is 0 Å². The molecule has 1 aliphatic rings. The van der Waals surface area contributed by atoms with Gasteiger partial charge in [0.25, 0.3) is 0 Å². The fraction of sp³-hybridized carbons (Fsp3) is 0.923. The van der Waals surface area contributed by atoms with Crippen LogP contribution >= 0.6 is 0 Å². The lowest BCUT2D eigenvalue weighted by Gasteiger charge is -2.16. The zero-order valence-electron chi connectivity index (χ0n) is 11.8. The van der Waals surface area contributed by atoms with E-state index in [4.69, 9.17) is 4.74 Å². The first-order valence-corrected chi connectivity index (χ1v) is 6.71. The molecule has 0 aromatic carbocycles. The minimum Gasteiger partial charge on any atom is -0.385 e. The van der Waals surface area contributed by atoms with Gasteiger partial charge in [-0.25, -0.2) is 0 Å². The molecule has 0 spiro atoms. The summed E-state index contributed by atoms with van der Waals surface area (Å²) in [5.41, 5.74) is 0. The van der Waals surface area contributed by atoms with Crippen LogP contribution in [-0.2, 0) is 9.53 Å². The number of carbonyl (C=O) groups excluding carboxylic acids is 1. The van der Waals surface area contributed by atoms with E-state index in [2.05, 4.69) is 12.2 Å². The fourth-order valence-electron chi connectivity index (χ4n) is 1.88. The van der Waals surface area contributed by atoms with Crippen LogP contribution < -0.4 is 5.32 Å². The van der Waals surface area contributed by atoms with Crippen molar-refractivity contribution in [2.75, 3.05) is 13.7 Å². The van der Waals surface area contributed by atoms with Gasteiger partial charge >= 0.3 is 6.18 Å². The van der Waals surface area contributed by atoms with Crippen LogP contribution in [0.5, 0.6) is 0 Å². The molecular formula is C13H24F3NO2. The van der Waals surface area contributed by atoms with Crippen molar-refractivity contribution in [3.63, 3.8) is 0 Å². The van der Waals surface area contributed by atoms with Crippen molar-refractivity contribution in [2.45, 2.75) is 64.2 Å². The van der Waals surface area contributed by atoms with Crippen molar-refractivity contribution in [3.8, 4) is 0 Å². The van der Waals surface area contributed by atoms with Crippen LogP contribution in [0.1, 0.15) is 46.0 Å². The minimum atomic E-state index is -4.22. The van der Waals surface area contributed by atoms with Crippen molar-refractivity contribution >= 4 is 5.78 Å². The summed E-state index contributed by atoms with van der Waals surface area (Å²) in [6.07, 6.45) is -1.72. The summed E-state index contributed by atoms with van der Waals surface area (Å²) in [6, 6.07) is -2.07. The maximum Gasteiger partial charge on any atom is 0.403 e. The Morgan fingerprint density at radius 1 is 1.26 bits per heavy atom. The number of rotatable bonds is 5. The Kier molecular flexibility index (Phi) is 9.01. The van der Waals surface area contributed by atoms with Crippen LogP contribution in [0.4, 0.5) is 13.2 Å². The molecule has 1 saturated heterocycles. The van der Waals surface area contributed by atoms with Gasteiger partial charge in [0, 0.05) is 20.1 Å². The van der Waals surface area contributed by atoms with Gasteiger partial charge in [-0.3, -0.25) is 10.1 Å². The van der Waals surface area contributed by atoms with Crippen LogP contribution in [-0.4, -0.2) is 37.8 Å². The molecule has 1 fully saturated rings. The van der Waals surface area contributed by atoms with Crippen LogP contribution in [0, 0.1) is 0 Å². The van der Waals surface area contributed by atoms with E-state index in [0.717, 1.165) is 13.0 Å². The van der Waals surface area contributed by atoms with Gasteiger partial charge in [0.1, 0.15) is 11.8 Å². The first kappa shape index (κ1) is 18.4. The van der Waals surface area contributed by atoms with E-state index in [0.29, 0.717) is 19.3 Å². The Bertz CT molecular complexity index is 255. The summed E-state index contributed by atoms with van der Waals surface area (Å²) in [5, 5.41) is 2.34. The van der Waals surface area contributed by atoms with Gasteiger partial charge in [0.2, 0.25) is 0 Å². The first-order chi connectivity index (χ1) is 8.86. The highest BCUT2D eigenvalue weighted by Crippen LogP contribution is 2.29. The molecule has 0 aliphatic carbocycles. The van der Waals surface area contributed by atoms with Crippen molar-refractivity contribution in [2.24, 2.45) is 0 Å². The molecule has 1 N–H and O–H groups in total. The van der Waals surface area contributed by atoms with Gasteiger partial charge in [-0.1, -0.05) is 13.8 Å². The number of hydrogen-bond donors (Lipinski definition) is 1. The smallest absolute Gasteiger partial charge is 0.385 e. The third-order valence-electron chi connectivity index (χ3n) is 2.83. The maximum absolute atomic E-state index is 12.2. The highest BCUT2D eigenvalue weighted by molar-refractivity contribution is 5.84. The van der Waals surface area contributed by atoms with Gasteiger partial charge in [0.05, 0.1) is 6.04 Å². The predicted molar refractivity (Wildman–Crippen MR) is 68.1 cm³/mol. The van der Waals surface area contributed by atoms with Crippen LogP contribution in [0.25, 0.3) is 0 Å². The molecule has 3 nitrogen and oxygen atoms in total. The van der Waals surface area contributed by atoms with Gasteiger partial charge < -0.3 is 4.74 Å². The number of nitrogens with one attached hydrogen (secondary N) is 1. The molecule has 1 heterocycles. The van der Waals surface area contributed by atoms with Gasteiger partial charge in [-0.05, 0) is 25.7 Å².